The third-order valence-electron chi connectivity index (χ3n) is 3.22. The molecule has 1 amide bonds. The number of carboxylic acid groups (broad SMARTS) is 1. The number of anilines is 1. The Morgan fingerprint density at radius 1 is 1.23 bits per heavy atom. The number of nitrogens with zero attached hydrogens (tertiary/aromatic N) is 1. The maximum Gasteiger partial charge on any atom is 0.338 e. The van der Waals surface area contributed by atoms with Gasteiger partial charge in [0.15, 0.2) is 0 Å². The fourth-order valence-corrected chi connectivity index (χ4v) is 2.66. The highest BCUT2D eigenvalue weighted by Gasteiger charge is 2.13. The second-order valence-corrected chi connectivity index (χ2v) is 5.71. The van der Waals surface area contributed by atoms with Crippen LogP contribution in [0.3, 0.4) is 0 Å². The molecule has 0 atom stereocenters. The van der Waals surface area contributed by atoms with Crippen LogP contribution < -0.4 is 5.32 Å². The third-order valence-corrected chi connectivity index (χ3v) is 4.23. The number of carbonyl (C=O) groups excluding carboxylic acids is 1. The number of rotatable bonds is 5. The summed E-state index contributed by atoms with van der Waals surface area (Å²) in [5.74, 6) is -1.14. The Morgan fingerprint density at radius 2 is 2.00 bits per heavy atom. The van der Waals surface area contributed by atoms with Gasteiger partial charge in [-0.1, -0.05) is 23.9 Å². The summed E-state index contributed by atoms with van der Waals surface area (Å²) in [5, 5.41) is 12.3. The number of amides is 1. The number of pyridine rings is 1. The van der Waals surface area contributed by atoms with E-state index in [9.17, 15) is 9.59 Å². The predicted molar refractivity (Wildman–Crippen MR) is 86.5 cm³/mol. The van der Waals surface area contributed by atoms with E-state index in [1.54, 1.807) is 6.07 Å². The van der Waals surface area contributed by atoms with Crippen molar-refractivity contribution in [1.29, 1.82) is 0 Å². The normalized spacial score (nSPS) is 10.3. The average molecular weight is 316 g/mol. The van der Waals surface area contributed by atoms with Gasteiger partial charge in [0.05, 0.1) is 11.3 Å². The molecule has 1 aromatic heterocycles. The van der Waals surface area contributed by atoms with Crippen LogP contribution in [0.5, 0.6) is 0 Å². The number of aromatic carboxylic acids is 1. The van der Waals surface area contributed by atoms with Crippen LogP contribution in [0.1, 0.15) is 21.5 Å². The van der Waals surface area contributed by atoms with E-state index in [1.165, 1.54) is 12.3 Å². The van der Waals surface area contributed by atoms with Crippen LogP contribution in [0.4, 0.5) is 5.69 Å². The van der Waals surface area contributed by atoms with Crippen LogP contribution in [0.25, 0.3) is 0 Å². The summed E-state index contributed by atoms with van der Waals surface area (Å²) in [5.41, 5.74) is 2.99. The molecule has 0 radical (unpaired) electrons. The average Bonchev–Trinajstić information content (AvgIpc) is 2.50. The molecule has 22 heavy (non-hydrogen) atoms. The quantitative estimate of drug-likeness (QED) is 0.829. The molecule has 2 rings (SSSR count). The minimum atomic E-state index is -1.05. The molecule has 0 unspecified atom stereocenters. The SMILES string of the molecule is Cc1cccc(NC(=O)CSc2ncccc2C(=O)O)c1C. The molecule has 6 heteroatoms. The van der Waals surface area contributed by atoms with Gasteiger partial charge in [-0.25, -0.2) is 9.78 Å². The number of hydrogen-bond acceptors (Lipinski definition) is 4. The van der Waals surface area contributed by atoms with Crippen LogP contribution in [0, 0.1) is 13.8 Å². The number of aryl methyl sites for hydroxylation is 1. The van der Waals surface area contributed by atoms with Crippen molar-refractivity contribution in [3.05, 3.63) is 53.2 Å². The van der Waals surface area contributed by atoms with Gasteiger partial charge in [0.25, 0.3) is 0 Å². The van der Waals surface area contributed by atoms with E-state index >= 15 is 0 Å². The highest BCUT2D eigenvalue weighted by Crippen LogP contribution is 2.22. The molecule has 0 fully saturated rings. The topological polar surface area (TPSA) is 79.3 Å². The standard InChI is InChI=1S/C16H16N2O3S/c1-10-5-3-7-13(11(10)2)18-14(19)9-22-15-12(16(20)21)6-4-8-17-15/h3-8H,9H2,1-2H3,(H,18,19)(H,20,21). The first-order valence-corrected chi connectivity index (χ1v) is 7.64. The summed E-state index contributed by atoms with van der Waals surface area (Å²) in [4.78, 5) is 27.1. The van der Waals surface area contributed by atoms with Crippen molar-refractivity contribution in [2.75, 3.05) is 11.1 Å². The molecule has 0 aliphatic carbocycles. The van der Waals surface area contributed by atoms with E-state index in [-0.39, 0.29) is 17.2 Å². The van der Waals surface area contributed by atoms with Gasteiger partial charge in [0, 0.05) is 11.9 Å². The van der Waals surface area contributed by atoms with Crippen molar-refractivity contribution in [1.82, 2.24) is 4.98 Å². The van der Waals surface area contributed by atoms with E-state index in [2.05, 4.69) is 10.3 Å². The van der Waals surface area contributed by atoms with Gasteiger partial charge in [0.1, 0.15) is 5.03 Å². The fourth-order valence-electron chi connectivity index (χ4n) is 1.88. The number of thioether (sulfide) groups is 1. The lowest BCUT2D eigenvalue weighted by molar-refractivity contribution is -0.113. The second-order valence-electron chi connectivity index (χ2n) is 4.75. The first-order valence-electron chi connectivity index (χ1n) is 6.66. The molecule has 1 heterocycles. The van der Waals surface area contributed by atoms with Gasteiger partial charge < -0.3 is 10.4 Å². The highest BCUT2D eigenvalue weighted by molar-refractivity contribution is 8.00. The lowest BCUT2D eigenvalue weighted by Crippen LogP contribution is -2.15. The van der Waals surface area contributed by atoms with Gasteiger partial charge in [-0.05, 0) is 43.2 Å². The Labute approximate surface area is 132 Å². The Morgan fingerprint density at radius 3 is 2.73 bits per heavy atom. The summed E-state index contributed by atoms with van der Waals surface area (Å²) < 4.78 is 0. The van der Waals surface area contributed by atoms with Crippen molar-refractivity contribution in [3.63, 3.8) is 0 Å². The molecule has 5 nitrogen and oxygen atoms in total. The minimum absolute atomic E-state index is 0.102. The maximum absolute atomic E-state index is 12.0. The van der Waals surface area contributed by atoms with E-state index in [4.69, 9.17) is 5.11 Å². The fraction of sp³-hybridized carbons (Fsp3) is 0.188. The van der Waals surface area contributed by atoms with Gasteiger partial charge in [-0.15, -0.1) is 0 Å². The number of carboxylic acids is 1. The zero-order valence-electron chi connectivity index (χ0n) is 12.3. The van der Waals surface area contributed by atoms with Crippen molar-refractivity contribution >= 4 is 29.3 Å². The van der Waals surface area contributed by atoms with E-state index < -0.39 is 5.97 Å². The Bertz CT molecular complexity index is 716. The summed E-state index contributed by atoms with van der Waals surface area (Å²) >= 11 is 1.11. The maximum atomic E-state index is 12.0. The van der Waals surface area contributed by atoms with Crippen molar-refractivity contribution < 1.29 is 14.7 Å². The molecular weight excluding hydrogens is 300 g/mol. The van der Waals surface area contributed by atoms with E-state index in [0.717, 1.165) is 28.6 Å². The molecular formula is C16H16N2O3S. The van der Waals surface area contributed by atoms with Crippen LogP contribution in [0.15, 0.2) is 41.6 Å². The molecule has 2 aromatic rings. The molecule has 0 aliphatic rings. The number of benzene rings is 1. The summed E-state index contributed by atoms with van der Waals surface area (Å²) in [6.45, 7) is 3.92. The van der Waals surface area contributed by atoms with Crippen molar-refractivity contribution in [2.45, 2.75) is 18.9 Å². The number of aromatic nitrogens is 1. The summed E-state index contributed by atoms with van der Waals surface area (Å²) in [6, 6.07) is 8.73. The number of hydrogen-bond donors (Lipinski definition) is 2. The van der Waals surface area contributed by atoms with Gasteiger partial charge >= 0.3 is 5.97 Å². The first-order chi connectivity index (χ1) is 10.5. The summed E-state index contributed by atoms with van der Waals surface area (Å²) in [7, 11) is 0. The largest absolute Gasteiger partial charge is 0.478 e. The van der Waals surface area contributed by atoms with E-state index in [1.807, 2.05) is 32.0 Å². The Kier molecular flexibility index (Phi) is 5.16. The molecule has 114 valence electrons. The summed E-state index contributed by atoms with van der Waals surface area (Å²) in [6.07, 6.45) is 1.51. The smallest absolute Gasteiger partial charge is 0.338 e. The lowest BCUT2D eigenvalue weighted by Gasteiger charge is -2.10. The van der Waals surface area contributed by atoms with Crippen LogP contribution in [-0.4, -0.2) is 27.7 Å². The van der Waals surface area contributed by atoms with Gasteiger partial charge in [0.2, 0.25) is 5.91 Å². The minimum Gasteiger partial charge on any atom is -0.478 e. The number of carbonyl (C=O) groups is 2. The molecule has 2 N–H and O–H groups in total. The molecule has 0 saturated heterocycles. The number of nitrogens with one attached hydrogen (secondary N) is 1. The molecule has 0 aliphatic heterocycles. The first kappa shape index (κ1) is 16.0. The van der Waals surface area contributed by atoms with Gasteiger partial charge in [-0.3, -0.25) is 4.79 Å². The zero-order valence-corrected chi connectivity index (χ0v) is 13.1. The zero-order chi connectivity index (χ0) is 16.1. The predicted octanol–water partition coefficient (Wildman–Crippen LogP) is 3.13. The monoisotopic (exact) mass is 316 g/mol. The molecule has 0 bridgehead atoms. The van der Waals surface area contributed by atoms with Crippen LogP contribution in [-0.2, 0) is 4.79 Å². The van der Waals surface area contributed by atoms with Crippen molar-refractivity contribution in [3.8, 4) is 0 Å². The highest BCUT2D eigenvalue weighted by atomic mass is 32.2. The Balaban J connectivity index is 2.02. The van der Waals surface area contributed by atoms with Crippen molar-refractivity contribution in [2.24, 2.45) is 0 Å². The third kappa shape index (κ3) is 3.85. The van der Waals surface area contributed by atoms with Gasteiger partial charge in [-0.2, -0.15) is 0 Å². The van der Waals surface area contributed by atoms with Crippen LogP contribution >= 0.6 is 11.8 Å². The van der Waals surface area contributed by atoms with Crippen LogP contribution in [0.2, 0.25) is 0 Å². The second kappa shape index (κ2) is 7.09. The van der Waals surface area contributed by atoms with E-state index in [0.29, 0.717) is 5.03 Å². The molecule has 1 aromatic carbocycles. The lowest BCUT2D eigenvalue weighted by atomic mass is 10.1. The molecule has 0 spiro atoms. The Hall–Kier alpha value is -2.34. The molecule has 0 saturated carbocycles.